The van der Waals surface area contributed by atoms with Crippen LogP contribution in [0.4, 0.5) is 0 Å². The van der Waals surface area contributed by atoms with Crippen molar-refractivity contribution in [3.8, 4) is 0 Å². The van der Waals surface area contributed by atoms with E-state index in [2.05, 4.69) is 4.98 Å². The second kappa shape index (κ2) is 6.44. The first-order valence-electron chi connectivity index (χ1n) is 8.19. The van der Waals surface area contributed by atoms with Crippen LogP contribution < -0.4 is 0 Å². The third-order valence-electron chi connectivity index (χ3n) is 4.26. The molecule has 5 nitrogen and oxygen atoms in total. The van der Waals surface area contributed by atoms with E-state index in [9.17, 15) is 9.59 Å². The Bertz CT molecular complexity index is 679. The van der Waals surface area contributed by atoms with Crippen molar-refractivity contribution >= 4 is 22.7 Å². The van der Waals surface area contributed by atoms with Gasteiger partial charge >= 0.3 is 0 Å². The molecule has 1 fully saturated rings. The van der Waals surface area contributed by atoms with E-state index < -0.39 is 0 Å². The van der Waals surface area contributed by atoms with Crippen LogP contribution in [0.1, 0.15) is 30.8 Å². The highest BCUT2D eigenvalue weighted by molar-refractivity contribution is 5.98. The highest BCUT2D eigenvalue weighted by Gasteiger charge is 2.25. The summed E-state index contributed by atoms with van der Waals surface area (Å²) < 4.78 is 0. The monoisotopic (exact) mass is 313 g/mol. The highest BCUT2D eigenvalue weighted by Crippen LogP contribution is 2.17. The lowest BCUT2D eigenvalue weighted by molar-refractivity contribution is -0.133. The predicted molar refractivity (Wildman–Crippen MR) is 90.2 cm³/mol. The molecule has 0 saturated carbocycles. The third kappa shape index (κ3) is 3.38. The Hall–Kier alpha value is -2.30. The Labute approximate surface area is 136 Å². The fourth-order valence-corrected chi connectivity index (χ4v) is 3.00. The number of para-hydroxylation sites is 1. The number of nitrogens with zero attached hydrogens (tertiary/aromatic N) is 2. The zero-order valence-electron chi connectivity index (χ0n) is 13.7. The fourth-order valence-electron chi connectivity index (χ4n) is 3.00. The van der Waals surface area contributed by atoms with Crippen LogP contribution in [-0.2, 0) is 4.79 Å². The van der Waals surface area contributed by atoms with Crippen molar-refractivity contribution in [1.29, 1.82) is 0 Å². The molecular weight excluding hydrogens is 290 g/mol. The molecule has 1 saturated heterocycles. The van der Waals surface area contributed by atoms with Gasteiger partial charge in [-0.15, -0.1) is 0 Å². The first-order chi connectivity index (χ1) is 11.0. The van der Waals surface area contributed by atoms with Crippen molar-refractivity contribution in [2.75, 3.05) is 26.2 Å². The van der Waals surface area contributed by atoms with Crippen LogP contribution in [0, 0.1) is 5.92 Å². The Balaban J connectivity index is 1.63. The molecular formula is C18H23N3O2. The maximum atomic E-state index is 12.6. The molecule has 1 aromatic heterocycles. The number of aromatic amines is 1. The van der Waals surface area contributed by atoms with Gasteiger partial charge in [-0.1, -0.05) is 32.0 Å². The van der Waals surface area contributed by atoms with E-state index in [1.807, 2.05) is 54.0 Å². The van der Waals surface area contributed by atoms with Crippen LogP contribution in [0.25, 0.3) is 10.9 Å². The van der Waals surface area contributed by atoms with Crippen LogP contribution in [0.3, 0.4) is 0 Å². The number of hydrogen-bond acceptors (Lipinski definition) is 2. The van der Waals surface area contributed by atoms with Gasteiger partial charge in [0.1, 0.15) is 5.69 Å². The van der Waals surface area contributed by atoms with Crippen molar-refractivity contribution < 1.29 is 9.59 Å². The molecule has 1 aliphatic heterocycles. The summed E-state index contributed by atoms with van der Waals surface area (Å²) in [5.41, 5.74) is 1.59. The van der Waals surface area contributed by atoms with Gasteiger partial charge in [0.15, 0.2) is 0 Å². The number of rotatable bonds is 3. The minimum absolute atomic E-state index is 0.0113. The summed E-state index contributed by atoms with van der Waals surface area (Å²) in [7, 11) is 0. The van der Waals surface area contributed by atoms with Gasteiger partial charge in [0.2, 0.25) is 5.91 Å². The average Bonchev–Trinajstić information content (AvgIpc) is 2.97. The fraction of sp³-hybridized carbons (Fsp3) is 0.444. The number of nitrogens with one attached hydrogen (secondary N) is 1. The van der Waals surface area contributed by atoms with Gasteiger partial charge in [0, 0.05) is 43.5 Å². The van der Waals surface area contributed by atoms with Gasteiger partial charge in [-0.05, 0) is 18.1 Å². The van der Waals surface area contributed by atoms with E-state index in [0.29, 0.717) is 44.2 Å². The maximum absolute atomic E-state index is 12.6. The Morgan fingerprint density at radius 2 is 1.74 bits per heavy atom. The quantitative estimate of drug-likeness (QED) is 0.946. The van der Waals surface area contributed by atoms with E-state index in [4.69, 9.17) is 0 Å². The molecule has 23 heavy (non-hydrogen) atoms. The van der Waals surface area contributed by atoms with Gasteiger partial charge in [0.05, 0.1) is 0 Å². The number of H-pyrrole nitrogens is 1. The molecule has 0 atom stereocenters. The zero-order chi connectivity index (χ0) is 16.4. The van der Waals surface area contributed by atoms with Crippen LogP contribution in [0.2, 0.25) is 0 Å². The van der Waals surface area contributed by atoms with Crippen molar-refractivity contribution in [2.24, 2.45) is 5.92 Å². The minimum Gasteiger partial charge on any atom is -0.351 e. The van der Waals surface area contributed by atoms with E-state index in [-0.39, 0.29) is 11.8 Å². The van der Waals surface area contributed by atoms with Crippen LogP contribution in [0.15, 0.2) is 30.3 Å². The molecule has 3 rings (SSSR count). The predicted octanol–water partition coefficient (Wildman–Crippen LogP) is 2.50. The van der Waals surface area contributed by atoms with E-state index >= 15 is 0 Å². The molecule has 2 heterocycles. The lowest BCUT2D eigenvalue weighted by Crippen LogP contribution is -2.50. The van der Waals surface area contributed by atoms with E-state index in [0.717, 1.165) is 10.9 Å². The third-order valence-corrected chi connectivity index (χ3v) is 4.26. The SMILES string of the molecule is CC(C)CC(=O)N1CCN(C(=O)c2cc3ccccc3[nH]2)CC1. The molecule has 0 bridgehead atoms. The second-order valence-corrected chi connectivity index (χ2v) is 6.54. The molecule has 1 aromatic carbocycles. The summed E-state index contributed by atoms with van der Waals surface area (Å²) in [6.45, 7) is 6.53. The molecule has 1 N–H and O–H groups in total. The number of aromatic nitrogens is 1. The average molecular weight is 313 g/mol. The summed E-state index contributed by atoms with van der Waals surface area (Å²) in [4.78, 5) is 31.6. The minimum atomic E-state index is 0.0113. The molecule has 0 radical (unpaired) electrons. The molecule has 5 heteroatoms. The first-order valence-corrected chi connectivity index (χ1v) is 8.19. The maximum Gasteiger partial charge on any atom is 0.270 e. The van der Waals surface area contributed by atoms with Crippen LogP contribution in [0.5, 0.6) is 0 Å². The van der Waals surface area contributed by atoms with Crippen molar-refractivity contribution in [3.63, 3.8) is 0 Å². The Morgan fingerprint density at radius 1 is 1.09 bits per heavy atom. The second-order valence-electron chi connectivity index (χ2n) is 6.54. The van der Waals surface area contributed by atoms with Gasteiger partial charge < -0.3 is 14.8 Å². The number of carbonyl (C=O) groups excluding carboxylic acids is 2. The van der Waals surface area contributed by atoms with E-state index in [1.165, 1.54) is 0 Å². The molecule has 0 aliphatic carbocycles. The number of fused-ring (bicyclic) bond motifs is 1. The number of benzene rings is 1. The normalized spacial score (nSPS) is 15.4. The summed E-state index contributed by atoms with van der Waals surface area (Å²) in [6, 6.07) is 9.77. The van der Waals surface area contributed by atoms with Crippen LogP contribution >= 0.6 is 0 Å². The van der Waals surface area contributed by atoms with Gasteiger partial charge in [-0.3, -0.25) is 9.59 Å². The van der Waals surface area contributed by atoms with Gasteiger partial charge in [0.25, 0.3) is 5.91 Å². The van der Waals surface area contributed by atoms with Crippen molar-refractivity contribution in [1.82, 2.24) is 14.8 Å². The lowest BCUT2D eigenvalue weighted by Gasteiger charge is -2.35. The van der Waals surface area contributed by atoms with Crippen LogP contribution in [-0.4, -0.2) is 52.8 Å². The first kappa shape index (κ1) is 15.6. The standard InChI is InChI=1S/C18H23N3O2/c1-13(2)11-17(22)20-7-9-21(10-8-20)18(23)16-12-14-5-3-4-6-15(14)19-16/h3-6,12-13,19H,7-11H2,1-2H3. The summed E-state index contributed by atoms with van der Waals surface area (Å²) in [5.74, 6) is 0.573. The smallest absolute Gasteiger partial charge is 0.270 e. The van der Waals surface area contributed by atoms with Crippen molar-refractivity contribution in [3.05, 3.63) is 36.0 Å². The molecule has 0 spiro atoms. The molecule has 2 aromatic rings. The summed E-state index contributed by atoms with van der Waals surface area (Å²) in [6.07, 6.45) is 0.579. The lowest BCUT2D eigenvalue weighted by atomic mass is 10.1. The molecule has 0 unspecified atom stereocenters. The zero-order valence-corrected chi connectivity index (χ0v) is 13.7. The highest BCUT2D eigenvalue weighted by atomic mass is 16.2. The molecule has 2 amide bonds. The Morgan fingerprint density at radius 3 is 2.39 bits per heavy atom. The largest absolute Gasteiger partial charge is 0.351 e. The summed E-state index contributed by atoms with van der Waals surface area (Å²) in [5, 5.41) is 1.04. The number of amides is 2. The summed E-state index contributed by atoms with van der Waals surface area (Å²) >= 11 is 0. The van der Waals surface area contributed by atoms with Crippen molar-refractivity contribution in [2.45, 2.75) is 20.3 Å². The Kier molecular flexibility index (Phi) is 4.37. The molecule has 122 valence electrons. The topological polar surface area (TPSA) is 56.4 Å². The van der Waals surface area contributed by atoms with Gasteiger partial charge in [-0.25, -0.2) is 0 Å². The van der Waals surface area contributed by atoms with E-state index in [1.54, 1.807) is 0 Å². The number of hydrogen-bond donors (Lipinski definition) is 1. The molecule has 1 aliphatic rings. The number of carbonyl (C=O) groups is 2. The number of piperazine rings is 1. The van der Waals surface area contributed by atoms with Gasteiger partial charge in [-0.2, -0.15) is 0 Å².